The summed E-state index contributed by atoms with van der Waals surface area (Å²) in [4.78, 5) is 24.5. The number of carbonyl (C=O) groups excluding carboxylic acids is 1. The molecule has 4 rings (SSSR count). The molecule has 3 heterocycles. The molecule has 1 atom stereocenters. The van der Waals surface area contributed by atoms with Crippen molar-refractivity contribution in [1.29, 1.82) is 5.26 Å². The largest absolute Gasteiger partial charge is 0.394 e. The third-order valence-electron chi connectivity index (χ3n) is 5.15. The van der Waals surface area contributed by atoms with Crippen LogP contribution in [0.1, 0.15) is 17.0 Å². The Hall–Kier alpha value is -3.32. The number of anilines is 1. The fraction of sp³-hybridized carbons (Fsp3) is 0.304. The molecule has 3 aromatic rings. The molecule has 164 valence electrons. The van der Waals surface area contributed by atoms with Crippen LogP contribution in [-0.2, 0) is 4.74 Å². The quantitative estimate of drug-likeness (QED) is 0.630. The average Bonchev–Trinajstić information content (AvgIpc) is 3.22. The van der Waals surface area contributed by atoms with Gasteiger partial charge in [-0.1, -0.05) is 23.5 Å². The zero-order chi connectivity index (χ0) is 22.7. The standard InChI is InChI=1S/C23H23N5O3S/c1-14-8-18(9-15(2)25-14)21-20(17-5-3-4-16(10-17)11-24)26-22(32-21)27-23(30)28-6-7-31-13-19(28)12-29/h3-5,8-10,19,29H,6-7,12-13H2,1-2H3,(H,26,27,30). The Morgan fingerprint density at radius 1 is 1.28 bits per heavy atom. The molecule has 0 bridgehead atoms. The van der Waals surface area contributed by atoms with Crippen LogP contribution in [0.3, 0.4) is 0 Å². The minimum atomic E-state index is -0.388. The van der Waals surface area contributed by atoms with Crippen molar-refractivity contribution in [1.82, 2.24) is 14.9 Å². The summed E-state index contributed by atoms with van der Waals surface area (Å²) >= 11 is 1.37. The summed E-state index contributed by atoms with van der Waals surface area (Å²) in [5.41, 5.74) is 4.73. The molecule has 2 N–H and O–H groups in total. The number of aromatic nitrogens is 2. The smallest absolute Gasteiger partial charge is 0.324 e. The van der Waals surface area contributed by atoms with Gasteiger partial charge in [0.2, 0.25) is 0 Å². The molecule has 0 aliphatic carbocycles. The fourth-order valence-electron chi connectivity index (χ4n) is 3.70. The number of thiazole rings is 1. The number of urea groups is 1. The summed E-state index contributed by atoms with van der Waals surface area (Å²) in [6.45, 7) is 4.82. The number of aliphatic hydroxyl groups is 1. The van der Waals surface area contributed by atoms with E-state index in [2.05, 4.69) is 16.4 Å². The van der Waals surface area contributed by atoms with Gasteiger partial charge in [0.1, 0.15) is 0 Å². The number of hydrogen-bond donors (Lipinski definition) is 2. The van der Waals surface area contributed by atoms with Crippen molar-refractivity contribution in [3.05, 3.63) is 53.3 Å². The van der Waals surface area contributed by atoms with Crippen molar-refractivity contribution in [2.45, 2.75) is 19.9 Å². The van der Waals surface area contributed by atoms with E-state index in [9.17, 15) is 15.2 Å². The highest BCUT2D eigenvalue weighted by atomic mass is 32.1. The van der Waals surface area contributed by atoms with Crippen LogP contribution >= 0.6 is 11.3 Å². The van der Waals surface area contributed by atoms with Crippen LogP contribution in [0, 0.1) is 25.2 Å². The molecule has 1 fully saturated rings. The van der Waals surface area contributed by atoms with Crippen LogP contribution in [0.5, 0.6) is 0 Å². The van der Waals surface area contributed by atoms with Gasteiger partial charge in [-0.2, -0.15) is 5.26 Å². The van der Waals surface area contributed by atoms with Crippen molar-refractivity contribution < 1.29 is 14.6 Å². The van der Waals surface area contributed by atoms with Gasteiger partial charge in [-0.25, -0.2) is 9.78 Å². The van der Waals surface area contributed by atoms with Crippen LogP contribution < -0.4 is 5.32 Å². The van der Waals surface area contributed by atoms with E-state index >= 15 is 0 Å². The van der Waals surface area contributed by atoms with Gasteiger partial charge in [0.05, 0.1) is 48.1 Å². The molecular weight excluding hydrogens is 426 g/mol. The number of pyridine rings is 1. The highest BCUT2D eigenvalue weighted by Gasteiger charge is 2.28. The minimum absolute atomic E-state index is 0.168. The normalized spacial score (nSPS) is 15.9. The molecule has 1 aliphatic heterocycles. The number of nitriles is 1. The molecule has 9 heteroatoms. The number of carbonyl (C=O) groups is 1. The summed E-state index contributed by atoms with van der Waals surface area (Å²) in [7, 11) is 0. The number of hydrogen-bond acceptors (Lipinski definition) is 7. The summed E-state index contributed by atoms with van der Waals surface area (Å²) in [5.74, 6) is 0. The SMILES string of the molecule is Cc1cc(-c2sc(NC(=O)N3CCOCC3CO)nc2-c2cccc(C#N)c2)cc(C)n1. The topological polar surface area (TPSA) is 111 Å². The Balaban J connectivity index is 1.73. The van der Waals surface area contributed by atoms with Gasteiger partial charge in [0, 0.05) is 23.5 Å². The second-order valence-electron chi connectivity index (χ2n) is 7.56. The third kappa shape index (κ3) is 4.62. The lowest BCUT2D eigenvalue weighted by Crippen LogP contribution is -2.52. The third-order valence-corrected chi connectivity index (χ3v) is 6.17. The lowest BCUT2D eigenvalue weighted by Gasteiger charge is -2.34. The predicted octanol–water partition coefficient (Wildman–Crippen LogP) is 3.59. The number of ether oxygens (including phenoxy) is 1. The molecule has 2 aromatic heterocycles. The Morgan fingerprint density at radius 2 is 2.06 bits per heavy atom. The predicted molar refractivity (Wildman–Crippen MR) is 122 cm³/mol. The maximum atomic E-state index is 12.9. The van der Waals surface area contributed by atoms with E-state index in [0.29, 0.717) is 36.1 Å². The summed E-state index contributed by atoms with van der Waals surface area (Å²) in [5, 5.41) is 22.2. The van der Waals surface area contributed by atoms with E-state index in [1.807, 2.05) is 38.1 Å². The van der Waals surface area contributed by atoms with Gasteiger partial charge in [0.15, 0.2) is 5.13 Å². The first kappa shape index (κ1) is 21.9. The lowest BCUT2D eigenvalue weighted by atomic mass is 10.0. The number of benzene rings is 1. The van der Waals surface area contributed by atoms with Gasteiger partial charge < -0.3 is 14.7 Å². The number of aryl methyl sites for hydroxylation is 2. The minimum Gasteiger partial charge on any atom is -0.394 e. The average molecular weight is 450 g/mol. The Morgan fingerprint density at radius 3 is 2.78 bits per heavy atom. The first-order valence-corrected chi connectivity index (χ1v) is 11.0. The van der Waals surface area contributed by atoms with Gasteiger partial charge in [0.25, 0.3) is 0 Å². The zero-order valence-corrected chi connectivity index (χ0v) is 18.6. The lowest BCUT2D eigenvalue weighted by molar-refractivity contribution is -0.00485. The van der Waals surface area contributed by atoms with Crippen molar-refractivity contribution in [3.8, 4) is 27.8 Å². The van der Waals surface area contributed by atoms with Crippen molar-refractivity contribution in [2.75, 3.05) is 31.7 Å². The maximum Gasteiger partial charge on any atom is 0.324 e. The molecule has 8 nitrogen and oxygen atoms in total. The molecule has 1 aromatic carbocycles. The molecule has 1 unspecified atom stereocenters. The molecule has 0 saturated carbocycles. The molecule has 1 saturated heterocycles. The number of nitrogens with zero attached hydrogens (tertiary/aromatic N) is 4. The van der Waals surface area contributed by atoms with E-state index in [4.69, 9.17) is 9.72 Å². The van der Waals surface area contributed by atoms with Crippen molar-refractivity contribution in [3.63, 3.8) is 0 Å². The Labute approximate surface area is 190 Å². The Bertz CT molecular complexity index is 1170. The van der Waals surface area contributed by atoms with Crippen molar-refractivity contribution >= 4 is 22.5 Å². The van der Waals surface area contributed by atoms with E-state index in [0.717, 1.165) is 27.4 Å². The van der Waals surface area contributed by atoms with E-state index in [-0.39, 0.29) is 18.7 Å². The molecule has 0 radical (unpaired) electrons. The maximum absolute atomic E-state index is 12.9. The molecule has 0 spiro atoms. The van der Waals surface area contributed by atoms with Crippen LogP contribution in [0.25, 0.3) is 21.7 Å². The van der Waals surface area contributed by atoms with E-state index < -0.39 is 0 Å². The number of amides is 2. The molecular formula is C23H23N5O3S. The first-order chi connectivity index (χ1) is 15.5. The summed E-state index contributed by atoms with van der Waals surface area (Å²) in [6, 6.07) is 12.7. The zero-order valence-electron chi connectivity index (χ0n) is 17.8. The number of nitrogens with one attached hydrogen (secondary N) is 1. The highest BCUT2D eigenvalue weighted by Crippen LogP contribution is 2.39. The molecule has 32 heavy (non-hydrogen) atoms. The van der Waals surface area contributed by atoms with E-state index in [1.165, 1.54) is 11.3 Å². The van der Waals surface area contributed by atoms with Gasteiger partial charge in [-0.3, -0.25) is 10.3 Å². The van der Waals surface area contributed by atoms with Gasteiger partial charge in [-0.15, -0.1) is 0 Å². The second kappa shape index (κ2) is 9.44. The number of rotatable bonds is 4. The van der Waals surface area contributed by atoms with Gasteiger partial charge in [-0.05, 0) is 43.7 Å². The highest BCUT2D eigenvalue weighted by molar-refractivity contribution is 7.19. The van der Waals surface area contributed by atoms with Crippen LogP contribution in [0.15, 0.2) is 36.4 Å². The summed E-state index contributed by atoms with van der Waals surface area (Å²) < 4.78 is 5.36. The van der Waals surface area contributed by atoms with Crippen LogP contribution in [-0.4, -0.2) is 58.4 Å². The second-order valence-corrected chi connectivity index (χ2v) is 8.56. The first-order valence-electron chi connectivity index (χ1n) is 10.2. The van der Waals surface area contributed by atoms with Crippen LogP contribution in [0.2, 0.25) is 0 Å². The summed E-state index contributed by atoms with van der Waals surface area (Å²) in [6.07, 6.45) is 0. The monoisotopic (exact) mass is 449 g/mol. The molecule has 2 amide bonds. The van der Waals surface area contributed by atoms with Crippen molar-refractivity contribution in [2.24, 2.45) is 0 Å². The Kier molecular flexibility index (Phi) is 6.46. The number of morpholine rings is 1. The van der Waals surface area contributed by atoms with E-state index in [1.54, 1.807) is 17.0 Å². The van der Waals surface area contributed by atoms with Gasteiger partial charge >= 0.3 is 6.03 Å². The molecule has 1 aliphatic rings. The number of aliphatic hydroxyl groups excluding tert-OH is 1. The van der Waals surface area contributed by atoms with Crippen LogP contribution in [0.4, 0.5) is 9.93 Å². The fourth-order valence-corrected chi connectivity index (χ4v) is 4.67.